The van der Waals surface area contributed by atoms with E-state index < -0.39 is 0 Å². The maximum Gasteiger partial charge on any atom is 0.137 e. The van der Waals surface area contributed by atoms with Gasteiger partial charge in [0.25, 0.3) is 0 Å². The van der Waals surface area contributed by atoms with Gasteiger partial charge in [-0.1, -0.05) is 158 Å². The van der Waals surface area contributed by atoms with Crippen molar-refractivity contribution in [2.75, 3.05) is 4.90 Å². The average Bonchev–Trinajstić information content (AvgIpc) is 3.86. The molecule has 0 fully saturated rings. The van der Waals surface area contributed by atoms with E-state index in [4.69, 9.17) is 4.42 Å². The van der Waals surface area contributed by atoms with Crippen molar-refractivity contribution < 1.29 is 4.42 Å². The van der Waals surface area contributed by atoms with Crippen molar-refractivity contribution in [3.05, 3.63) is 212 Å². The van der Waals surface area contributed by atoms with Crippen LogP contribution in [0.2, 0.25) is 0 Å². The first-order valence-corrected chi connectivity index (χ1v) is 20.1. The highest BCUT2D eigenvalue weighted by Crippen LogP contribution is 2.51. The first-order chi connectivity index (χ1) is 28.3. The van der Waals surface area contributed by atoms with E-state index in [9.17, 15) is 0 Å². The predicted molar refractivity (Wildman–Crippen MR) is 243 cm³/mol. The van der Waals surface area contributed by atoms with Crippen molar-refractivity contribution in [1.82, 2.24) is 0 Å². The van der Waals surface area contributed by atoms with Gasteiger partial charge in [0, 0.05) is 48.3 Å². The number of fused-ring (bicyclic) bond motifs is 6. The van der Waals surface area contributed by atoms with E-state index in [0.717, 1.165) is 55.7 Å². The van der Waals surface area contributed by atoms with Gasteiger partial charge >= 0.3 is 0 Å². The van der Waals surface area contributed by atoms with Gasteiger partial charge in [-0.05, 0) is 87.5 Å². The normalized spacial score (nSPS) is 11.5. The molecule has 0 aliphatic heterocycles. The molecule has 0 unspecified atom stereocenters. The number of furan rings is 1. The second-order valence-electron chi connectivity index (χ2n) is 14.5. The van der Waals surface area contributed by atoms with E-state index >= 15 is 0 Å². The molecule has 0 amide bonds. The number of hydrogen-bond acceptors (Lipinski definition) is 3. The summed E-state index contributed by atoms with van der Waals surface area (Å²) in [4.78, 5) is 2.45. The molecule has 3 heteroatoms. The summed E-state index contributed by atoms with van der Waals surface area (Å²) in [6, 6.07) is 76.3. The number of anilines is 3. The molecule has 2 nitrogen and oxygen atoms in total. The molecule has 11 aromatic rings. The van der Waals surface area contributed by atoms with Crippen LogP contribution in [0.4, 0.5) is 17.1 Å². The third-order valence-corrected chi connectivity index (χ3v) is 12.3. The lowest BCUT2D eigenvalue weighted by Gasteiger charge is -2.29. The van der Waals surface area contributed by atoms with Gasteiger partial charge in [0.1, 0.15) is 11.2 Å². The second-order valence-corrected chi connectivity index (χ2v) is 15.5. The third kappa shape index (κ3) is 5.80. The fourth-order valence-corrected chi connectivity index (χ4v) is 9.61. The first-order valence-electron chi connectivity index (χ1n) is 19.3. The summed E-state index contributed by atoms with van der Waals surface area (Å²) in [7, 11) is 0. The molecule has 0 saturated heterocycles. The van der Waals surface area contributed by atoms with Crippen LogP contribution in [-0.4, -0.2) is 0 Å². The molecule has 9 aromatic carbocycles. The lowest BCUT2D eigenvalue weighted by Crippen LogP contribution is -2.12. The maximum atomic E-state index is 6.76. The topological polar surface area (TPSA) is 16.4 Å². The molecule has 57 heavy (non-hydrogen) atoms. The van der Waals surface area contributed by atoms with E-state index in [2.05, 4.69) is 217 Å². The first kappa shape index (κ1) is 33.2. The molecule has 0 bridgehead atoms. The number of nitrogens with zero attached hydrogens (tertiary/aromatic N) is 1. The highest BCUT2D eigenvalue weighted by Gasteiger charge is 2.24. The molecule has 268 valence electrons. The summed E-state index contributed by atoms with van der Waals surface area (Å²) in [5, 5.41) is 4.69. The van der Waals surface area contributed by atoms with Gasteiger partial charge in [-0.3, -0.25) is 0 Å². The Labute approximate surface area is 335 Å². The second kappa shape index (κ2) is 13.8. The molecular formula is C54H35NOS. The molecule has 0 aliphatic rings. The van der Waals surface area contributed by atoms with Gasteiger partial charge in [0.15, 0.2) is 0 Å². The van der Waals surface area contributed by atoms with E-state index in [1.165, 1.54) is 48.0 Å². The molecular weight excluding hydrogens is 711 g/mol. The van der Waals surface area contributed by atoms with Crippen molar-refractivity contribution >= 4 is 70.5 Å². The zero-order valence-electron chi connectivity index (χ0n) is 31.0. The van der Waals surface area contributed by atoms with Crippen LogP contribution in [0.15, 0.2) is 217 Å². The largest absolute Gasteiger partial charge is 0.456 e. The Morgan fingerprint density at radius 3 is 1.56 bits per heavy atom. The van der Waals surface area contributed by atoms with Gasteiger partial charge in [0.05, 0.1) is 11.4 Å². The third-order valence-electron chi connectivity index (χ3n) is 11.1. The van der Waals surface area contributed by atoms with E-state index in [-0.39, 0.29) is 0 Å². The van der Waals surface area contributed by atoms with Crippen LogP contribution in [0.5, 0.6) is 0 Å². The van der Waals surface area contributed by atoms with Crippen molar-refractivity contribution in [1.29, 1.82) is 0 Å². The van der Waals surface area contributed by atoms with Crippen LogP contribution in [0.3, 0.4) is 0 Å². The van der Waals surface area contributed by atoms with E-state index in [1.54, 1.807) is 0 Å². The van der Waals surface area contributed by atoms with Crippen LogP contribution < -0.4 is 4.90 Å². The Bertz CT molecular complexity index is 3220. The van der Waals surface area contributed by atoms with Gasteiger partial charge < -0.3 is 9.32 Å². The molecule has 0 saturated carbocycles. The Morgan fingerprint density at radius 2 is 0.877 bits per heavy atom. The lowest BCUT2D eigenvalue weighted by molar-refractivity contribution is 0.669. The van der Waals surface area contributed by atoms with Crippen LogP contribution in [0.1, 0.15) is 0 Å². The minimum absolute atomic E-state index is 0.854. The molecule has 0 aliphatic carbocycles. The zero-order valence-corrected chi connectivity index (χ0v) is 31.8. The molecule has 0 radical (unpaired) electrons. The molecule has 2 heterocycles. The summed E-state index contributed by atoms with van der Waals surface area (Å²) in [6.07, 6.45) is 0. The summed E-state index contributed by atoms with van der Waals surface area (Å²) in [5.41, 5.74) is 14.4. The summed E-state index contributed by atoms with van der Waals surface area (Å²) < 4.78 is 9.30. The lowest BCUT2D eigenvalue weighted by atomic mass is 9.95. The number of hydrogen-bond donors (Lipinski definition) is 0. The van der Waals surface area contributed by atoms with Gasteiger partial charge in [-0.25, -0.2) is 0 Å². The van der Waals surface area contributed by atoms with Gasteiger partial charge in [-0.2, -0.15) is 0 Å². The SMILES string of the molecule is c1ccc(-c2ccc(N(c3ccc4c(c3)oc3cc(-c5ccccc5)ccc34)c3ccc(-c4ccccc4)c4sc5ccccc5c34)c(-c3ccccc3)c2)cc1. The van der Waals surface area contributed by atoms with Crippen LogP contribution in [0, 0.1) is 0 Å². The van der Waals surface area contributed by atoms with Crippen molar-refractivity contribution in [2.45, 2.75) is 0 Å². The summed E-state index contributed by atoms with van der Waals surface area (Å²) in [6.45, 7) is 0. The van der Waals surface area contributed by atoms with Crippen LogP contribution in [0.25, 0.3) is 86.6 Å². The number of benzene rings is 9. The van der Waals surface area contributed by atoms with Crippen LogP contribution >= 0.6 is 11.3 Å². The Balaban J connectivity index is 1.19. The summed E-state index contributed by atoms with van der Waals surface area (Å²) >= 11 is 1.87. The van der Waals surface area contributed by atoms with Gasteiger partial charge in [-0.15, -0.1) is 11.3 Å². The Hall–Kier alpha value is -7.20. The zero-order chi connectivity index (χ0) is 37.7. The predicted octanol–water partition coefficient (Wildman–Crippen LogP) is 16.1. The minimum Gasteiger partial charge on any atom is -0.456 e. The number of rotatable bonds is 7. The fourth-order valence-electron chi connectivity index (χ4n) is 8.36. The van der Waals surface area contributed by atoms with Crippen LogP contribution in [-0.2, 0) is 0 Å². The number of thiophene rings is 1. The molecule has 11 rings (SSSR count). The monoisotopic (exact) mass is 745 g/mol. The summed E-state index contributed by atoms with van der Waals surface area (Å²) in [5.74, 6) is 0. The molecule has 2 aromatic heterocycles. The van der Waals surface area contributed by atoms with E-state index in [1.807, 2.05) is 11.3 Å². The quantitative estimate of drug-likeness (QED) is 0.162. The molecule has 0 atom stereocenters. The van der Waals surface area contributed by atoms with Crippen molar-refractivity contribution in [3.8, 4) is 44.5 Å². The smallest absolute Gasteiger partial charge is 0.137 e. The van der Waals surface area contributed by atoms with Gasteiger partial charge in [0.2, 0.25) is 0 Å². The van der Waals surface area contributed by atoms with Crippen molar-refractivity contribution in [2.24, 2.45) is 0 Å². The molecule has 0 spiro atoms. The average molecular weight is 746 g/mol. The fraction of sp³-hybridized carbons (Fsp3) is 0. The minimum atomic E-state index is 0.854. The van der Waals surface area contributed by atoms with E-state index in [0.29, 0.717) is 0 Å². The highest BCUT2D eigenvalue weighted by molar-refractivity contribution is 7.26. The Morgan fingerprint density at radius 1 is 0.351 bits per heavy atom. The highest BCUT2D eigenvalue weighted by atomic mass is 32.1. The maximum absolute atomic E-state index is 6.76. The van der Waals surface area contributed by atoms with Crippen molar-refractivity contribution in [3.63, 3.8) is 0 Å². The standard InChI is InChI=1S/C54H35NOS/c1-5-15-36(16-6-1)40-26-31-48(47(33-40)39-21-11-4-12-22-39)55(42-27-29-45-44-28-25-41(37-17-7-2-8-18-37)34-50(44)56-51(45)35-42)49-32-30-43(38-19-9-3-10-20-38)54-53(49)46-23-13-14-24-52(46)57-54/h1-35H. The molecule has 0 N–H and O–H groups in total. The Kier molecular flexibility index (Phi) is 8.04.